The minimum absolute atomic E-state index is 0.0562. The number of ether oxygens (including phenoxy) is 2. The summed E-state index contributed by atoms with van der Waals surface area (Å²) in [6.07, 6.45) is 0.996. The van der Waals surface area contributed by atoms with E-state index in [1.165, 1.54) is 5.56 Å². The van der Waals surface area contributed by atoms with Crippen LogP contribution in [0.1, 0.15) is 29.8 Å². The zero-order valence-electron chi connectivity index (χ0n) is 12.5. The number of ketones is 1. The highest BCUT2D eigenvalue weighted by molar-refractivity contribution is 5.94. The van der Waals surface area contributed by atoms with Crippen LogP contribution in [0.4, 0.5) is 0 Å². The molecule has 0 radical (unpaired) electrons. The average molecular weight is 284 g/mol. The first-order chi connectivity index (χ1) is 10.2. The van der Waals surface area contributed by atoms with Crippen LogP contribution in [-0.2, 0) is 6.42 Å². The van der Waals surface area contributed by atoms with Gasteiger partial charge in [-0.1, -0.05) is 19.1 Å². The van der Waals surface area contributed by atoms with E-state index < -0.39 is 0 Å². The third kappa shape index (κ3) is 4.63. The largest absolute Gasteiger partial charge is 0.490 e. The molecule has 0 fully saturated rings. The third-order valence-electron chi connectivity index (χ3n) is 3.19. The highest BCUT2D eigenvalue weighted by Crippen LogP contribution is 2.15. The molecule has 2 aromatic rings. The predicted molar refractivity (Wildman–Crippen MR) is 83.3 cm³/mol. The smallest absolute Gasteiger partial charge is 0.159 e. The van der Waals surface area contributed by atoms with Crippen molar-refractivity contribution >= 4 is 5.78 Å². The molecule has 0 aliphatic carbocycles. The lowest BCUT2D eigenvalue weighted by Gasteiger charge is -2.09. The van der Waals surface area contributed by atoms with Crippen LogP contribution in [0.2, 0.25) is 0 Å². The third-order valence-corrected chi connectivity index (χ3v) is 3.19. The predicted octanol–water partition coefficient (Wildman–Crippen LogP) is 3.91. The Labute approximate surface area is 125 Å². The van der Waals surface area contributed by atoms with Crippen molar-refractivity contribution in [1.29, 1.82) is 0 Å². The van der Waals surface area contributed by atoms with Crippen molar-refractivity contribution < 1.29 is 14.3 Å². The Morgan fingerprint density at radius 3 is 2.24 bits per heavy atom. The van der Waals surface area contributed by atoms with Crippen molar-refractivity contribution in [2.24, 2.45) is 0 Å². The summed E-state index contributed by atoms with van der Waals surface area (Å²) in [6, 6.07) is 15.2. The Morgan fingerprint density at radius 1 is 0.952 bits per heavy atom. The van der Waals surface area contributed by atoms with Crippen LogP contribution in [-0.4, -0.2) is 19.0 Å². The van der Waals surface area contributed by atoms with Gasteiger partial charge in [0, 0.05) is 5.56 Å². The maximum absolute atomic E-state index is 11.2. The molecule has 0 heterocycles. The second-order valence-electron chi connectivity index (χ2n) is 4.78. The van der Waals surface area contributed by atoms with Crippen molar-refractivity contribution in [2.75, 3.05) is 13.2 Å². The number of Topliss-reactive ketones (excluding diaryl/α,β-unsaturated/α-hetero) is 1. The van der Waals surface area contributed by atoms with Gasteiger partial charge < -0.3 is 9.47 Å². The van der Waals surface area contributed by atoms with Crippen LogP contribution in [0.3, 0.4) is 0 Å². The number of benzene rings is 2. The average Bonchev–Trinajstić information content (AvgIpc) is 2.52. The fourth-order valence-electron chi connectivity index (χ4n) is 1.96. The van der Waals surface area contributed by atoms with Gasteiger partial charge in [-0.25, -0.2) is 0 Å². The Balaban J connectivity index is 1.77. The van der Waals surface area contributed by atoms with Gasteiger partial charge >= 0.3 is 0 Å². The monoisotopic (exact) mass is 284 g/mol. The van der Waals surface area contributed by atoms with E-state index in [2.05, 4.69) is 13.0 Å². The molecule has 0 amide bonds. The van der Waals surface area contributed by atoms with Gasteiger partial charge in [0.15, 0.2) is 5.78 Å². The topological polar surface area (TPSA) is 35.5 Å². The van der Waals surface area contributed by atoms with E-state index in [1.54, 1.807) is 31.2 Å². The highest BCUT2D eigenvalue weighted by Gasteiger charge is 2.00. The van der Waals surface area contributed by atoms with Gasteiger partial charge in [-0.05, 0) is 55.3 Å². The van der Waals surface area contributed by atoms with Crippen molar-refractivity contribution in [3.8, 4) is 11.5 Å². The van der Waals surface area contributed by atoms with Gasteiger partial charge in [0.25, 0.3) is 0 Å². The van der Waals surface area contributed by atoms with Crippen molar-refractivity contribution in [1.82, 2.24) is 0 Å². The zero-order valence-corrected chi connectivity index (χ0v) is 12.5. The maximum Gasteiger partial charge on any atom is 0.159 e. The summed E-state index contributed by atoms with van der Waals surface area (Å²) in [5.74, 6) is 1.66. The number of hydrogen-bond acceptors (Lipinski definition) is 3. The summed E-state index contributed by atoms with van der Waals surface area (Å²) < 4.78 is 11.2. The summed E-state index contributed by atoms with van der Waals surface area (Å²) in [5, 5.41) is 0. The molecule has 21 heavy (non-hydrogen) atoms. The molecule has 0 aliphatic heterocycles. The molecule has 3 nitrogen and oxygen atoms in total. The zero-order chi connectivity index (χ0) is 15.1. The Hall–Kier alpha value is -2.29. The van der Waals surface area contributed by atoms with Gasteiger partial charge in [0.1, 0.15) is 24.7 Å². The minimum atomic E-state index is 0.0562. The molecule has 2 aromatic carbocycles. The molecule has 0 N–H and O–H groups in total. The SMILES string of the molecule is CCc1cccc(OCCOc2ccc(C(C)=O)cc2)c1. The first-order valence-corrected chi connectivity index (χ1v) is 7.14. The number of carbonyl (C=O) groups excluding carboxylic acids is 1. The van der Waals surface area contributed by atoms with E-state index in [9.17, 15) is 4.79 Å². The molecule has 0 saturated carbocycles. The van der Waals surface area contributed by atoms with Crippen molar-refractivity contribution in [3.05, 3.63) is 59.7 Å². The van der Waals surface area contributed by atoms with Crippen LogP contribution in [0.25, 0.3) is 0 Å². The van der Waals surface area contributed by atoms with Crippen LogP contribution < -0.4 is 9.47 Å². The van der Waals surface area contributed by atoms with Gasteiger partial charge in [-0.15, -0.1) is 0 Å². The molecule has 0 spiro atoms. The van der Waals surface area contributed by atoms with E-state index >= 15 is 0 Å². The fraction of sp³-hybridized carbons (Fsp3) is 0.278. The van der Waals surface area contributed by atoms with Crippen LogP contribution >= 0.6 is 0 Å². The highest BCUT2D eigenvalue weighted by atomic mass is 16.5. The van der Waals surface area contributed by atoms with Crippen LogP contribution in [0.5, 0.6) is 11.5 Å². The van der Waals surface area contributed by atoms with E-state index in [0.29, 0.717) is 18.8 Å². The van der Waals surface area contributed by atoms with Crippen molar-refractivity contribution in [2.45, 2.75) is 20.3 Å². The summed E-state index contributed by atoms with van der Waals surface area (Å²) in [7, 11) is 0. The summed E-state index contributed by atoms with van der Waals surface area (Å²) >= 11 is 0. The second kappa shape index (κ2) is 7.48. The molecule has 3 heteroatoms. The molecule has 110 valence electrons. The summed E-state index contributed by atoms with van der Waals surface area (Å²) in [6.45, 7) is 4.62. The normalized spacial score (nSPS) is 10.2. The summed E-state index contributed by atoms with van der Waals surface area (Å²) in [4.78, 5) is 11.2. The lowest BCUT2D eigenvalue weighted by atomic mass is 10.1. The first kappa shape index (κ1) is 15.1. The van der Waals surface area contributed by atoms with E-state index in [0.717, 1.165) is 17.9 Å². The van der Waals surface area contributed by atoms with Gasteiger partial charge in [-0.2, -0.15) is 0 Å². The maximum atomic E-state index is 11.2. The molecule has 0 atom stereocenters. The van der Waals surface area contributed by atoms with Gasteiger partial charge in [0.2, 0.25) is 0 Å². The number of hydrogen-bond donors (Lipinski definition) is 0. The Morgan fingerprint density at radius 2 is 1.62 bits per heavy atom. The first-order valence-electron chi connectivity index (χ1n) is 7.14. The molecular formula is C18H20O3. The molecule has 0 aliphatic rings. The number of rotatable bonds is 7. The lowest BCUT2D eigenvalue weighted by Crippen LogP contribution is -2.09. The van der Waals surface area contributed by atoms with Crippen LogP contribution in [0.15, 0.2) is 48.5 Å². The molecule has 0 bridgehead atoms. The number of aryl methyl sites for hydroxylation is 1. The number of carbonyl (C=O) groups is 1. The Bertz CT molecular complexity index is 588. The molecule has 0 aromatic heterocycles. The standard InChI is InChI=1S/C18H20O3/c1-3-15-5-4-6-18(13-15)21-12-11-20-17-9-7-16(8-10-17)14(2)19/h4-10,13H,3,11-12H2,1-2H3. The van der Waals surface area contributed by atoms with E-state index in [1.807, 2.05) is 18.2 Å². The van der Waals surface area contributed by atoms with Crippen molar-refractivity contribution in [3.63, 3.8) is 0 Å². The van der Waals surface area contributed by atoms with E-state index in [4.69, 9.17) is 9.47 Å². The Kier molecular flexibility index (Phi) is 5.38. The molecule has 0 unspecified atom stereocenters. The quantitative estimate of drug-likeness (QED) is 0.571. The molecule has 0 saturated heterocycles. The molecular weight excluding hydrogens is 264 g/mol. The fourth-order valence-corrected chi connectivity index (χ4v) is 1.96. The second-order valence-corrected chi connectivity index (χ2v) is 4.78. The van der Waals surface area contributed by atoms with Gasteiger partial charge in [-0.3, -0.25) is 4.79 Å². The minimum Gasteiger partial charge on any atom is -0.490 e. The lowest BCUT2D eigenvalue weighted by molar-refractivity contribution is 0.101. The van der Waals surface area contributed by atoms with Gasteiger partial charge in [0.05, 0.1) is 0 Å². The molecule has 2 rings (SSSR count). The van der Waals surface area contributed by atoms with E-state index in [-0.39, 0.29) is 5.78 Å². The summed E-state index contributed by atoms with van der Waals surface area (Å²) in [5.41, 5.74) is 1.95. The van der Waals surface area contributed by atoms with Crippen LogP contribution in [0, 0.1) is 0 Å².